The van der Waals surface area contributed by atoms with Crippen LogP contribution in [0.5, 0.6) is 5.75 Å². The van der Waals surface area contributed by atoms with Gasteiger partial charge in [-0.3, -0.25) is 9.48 Å². The first kappa shape index (κ1) is 19.5. The molecule has 2 fully saturated rings. The van der Waals surface area contributed by atoms with Gasteiger partial charge in [0.25, 0.3) is 5.91 Å². The first-order valence-corrected chi connectivity index (χ1v) is 11.3. The van der Waals surface area contributed by atoms with Crippen LogP contribution in [0.25, 0.3) is 5.69 Å². The van der Waals surface area contributed by atoms with Crippen molar-refractivity contribution in [3.63, 3.8) is 0 Å². The first-order valence-electron chi connectivity index (χ1n) is 11.3. The van der Waals surface area contributed by atoms with Crippen molar-refractivity contribution in [2.45, 2.75) is 44.4 Å². The van der Waals surface area contributed by atoms with E-state index in [4.69, 9.17) is 4.74 Å². The number of aliphatic hydroxyl groups is 1. The minimum Gasteiger partial charge on any atom is -0.488 e. The van der Waals surface area contributed by atoms with Crippen LogP contribution in [0.4, 0.5) is 0 Å². The van der Waals surface area contributed by atoms with Gasteiger partial charge in [0.05, 0.1) is 11.8 Å². The van der Waals surface area contributed by atoms with Crippen LogP contribution in [0.15, 0.2) is 43.0 Å². The Balaban J connectivity index is 1.10. The molecular formula is C23H26N6O3. The summed E-state index contributed by atoms with van der Waals surface area (Å²) in [5, 5.41) is 19.4. The first-order chi connectivity index (χ1) is 15.6. The minimum absolute atomic E-state index is 0.0111. The number of carbonyl (C=O) groups is 1. The van der Waals surface area contributed by atoms with Gasteiger partial charge < -0.3 is 14.7 Å². The van der Waals surface area contributed by atoms with Gasteiger partial charge in [-0.25, -0.2) is 9.67 Å². The Kier molecular flexibility index (Phi) is 4.71. The molecule has 1 aromatic carbocycles. The molecule has 2 aromatic heterocycles. The molecule has 4 heterocycles. The molecule has 3 aromatic rings. The SMILES string of the molecule is O=C(c1cc2n(n1)CCC2)N1C[C@H]2C[C@@H](Oc3ccc(-n4cncn4)cc3)[C@H](O)C[C@H]2C1. The maximum atomic E-state index is 13.0. The lowest BCUT2D eigenvalue weighted by molar-refractivity contribution is -0.0231. The zero-order chi connectivity index (χ0) is 21.7. The van der Waals surface area contributed by atoms with Gasteiger partial charge in [-0.05, 0) is 67.9 Å². The van der Waals surface area contributed by atoms with Crippen LogP contribution in [0, 0.1) is 11.8 Å². The van der Waals surface area contributed by atoms with E-state index in [2.05, 4.69) is 15.2 Å². The molecule has 1 saturated carbocycles. The number of amides is 1. The molecule has 1 aliphatic carbocycles. The summed E-state index contributed by atoms with van der Waals surface area (Å²) in [5.74, 6) is 1.36. The maximum Gasteiger partial charge on any atom is 0.274 e. The zero-order valence-corrected chi connectivity index (χ0v) is 17.7. The van der Waals surface area contributed by atoms with Crippen molar-refractivity contribution in [1.82, 2.24) is 29.4 Å². The van der Waals surface area contributed by atoms with Crippen molar-refractivity contribution in [2.24, 2.45) is 11.8 Å². The topological polar surface area (TPSA) is 98.3 Å². The van der Waals surface area contributed by atoms with Crippen LogP contribution in [0.1, 0.15) is 35.4 Å². The van der Waals surface area contributed by atoms with Crippen molar-refractivity contribution in [3.05, 3.63) is 54.4 Å². The lowest BCUT2D eigenvalue weighted by Gasteiger charge is -2.35. The molecule has 4 atom stereocenters. The van der Waals surface area contributed by atoms with E-state index in [1.165, 1.54) is 6.33 Å². The van der Waals surface area contributed by atoms with E-state index in [1.54, 1.807) is 11.0 Å². The van der Waals surface area contributed by atoms with Crippen molar-refractivity contribution in [2.75, 3.05) is 13.1 Å². The number of benzene rings is 1. The molecule has 6 rings (SSSR count). The Hall–Kier alpha value is -3.20. The van der Waals surface area contributed by atoms with E-state index in [1.807, 2.05) is 39.9 Å². The molecule has 166 valence electrons. The maximum absolute atomic E-state index is 13.0. The molecule has 0 bridgehead atoms. The molecule has 3 aliphatic rings. The Morgan fingerprint density at radius 1 is 1.12 bits per heavy atom. The number of aromatic nitrogens is 5. The fourth-order valence-corrected chi connectivity index (χ4v) is 5.40. The number of aliphatic hydroxyl groups excluding tert-OH is 1. The van der Waals surface area contributed by atoms with Crippen molar-refractivity contribution < 1.29 is 14.6 Å². The number of nitrogens with zero attached hydrogens (tertiary/aromatic N) is 6. The fourth-order valence-electron chi connectivity index (χ4n) is 5.40. The van der Waals surface area contributed by atoms with Crippen LogP contribution < -0.4 is 4.74 Å². The van der Waals surface area contributed by atoms with Crippen LogP contribution in [-0.2, 0) is 13.0 Å². The summed E-state index contributed by atoms with van der Waals surface area (Å²) in [6.45, 7) is 2.28. The summed E-state index contributed by atoms with van der Waals surface area (Å²) >= 11 is 0. The molecule has 9 heteroatoms. The highest BCUT2D eigenvalue weighted by molar-refractivity contribution is 5.92. The molecule has 0 spiro atoms. The molecular weight excluding hydrogens is 408 g/mol. The van der Waals surface area contributed by atoms with E-state index in [0.29, 0.717) is 37.0 Å². The molecule has 32 heavy (non-hydrogen) atoms. The summed E-state index contributed by atoms with van der Waals surface area (Å²) in [6.07, 6.45) is 5.80. The lowest BCUT2D eigenvalue weighted by atomic mass is 9.78. The average Bonchev–Trinajstić information content (AvgIpc) is 3.57. The predicted molar refractivity (Wildman–Crippen MR) is 114 cm³/mol. The number of fused-ring (bicyclic) bond motifs is 2. The molecule has 1 amide bonds. The molecule has 9 nitrogen and oxygen atoms in total. The van der Waals surface area contributed by atoms with E-state index < -0.39 is 6.10 Å². The smallest absolute Gasteiger partial charge is 0.274 e. The summed E-state index contributed by atoms with van der Waals surface area (Å²) in [4.78, 5) is 18.9. The highest BCUT2D eigenvalue weighted by atomic mass is 16.5. The summed E-state index contributed by atoms with van der Waals surface area (Å²) < 4.78 is 9.80. The van der Waals surface area contributed by atoms with Crippen molar-refractivity contribution >= 4 is 5.91 Å². The molecule has 0 unspecified atom stereocenters. The number of rotatable bonds is 4. The largest absolute Gasteiger partial charge is 0.488 e. The molecule has 1 N–H and O–H groups in total. The van der Waals surface area contributed by atoms with Crippen LogP contribution in [0.3, 0.4) is 0 Å². The van der Waals surface area contributed by atoms with Crippen LogP contribution in [0.2, 0.25) is 0 Å². The van der Waals surface area contributed by atoms with Gasteiger partial charge in [0, 0.05) is 25.3 Å². The number of aryl methyl sites for hydroxylation is 2. The Labute approximate surface area is 185 Å². The summed E-state index contributed by atoms with van der Waals surface area (Å²) in [5.41, 5.74) is 2.61. The van der Waals surface area contributed by atoms with Crippen LogP contribution in [-0.4, -0.2) is 65.8 Å². The van der Waals surface area contributed by atoms with E-state index in [0.717, 1.165) is 42.9 Å². The minimum atomic E-state index is -0.544. The number of ether oxygens (including phenoxy) is 1. The number of likely N-dealkylation sites (tertiary alicyclic amines) is 1. The Morgan fingerprint density at radius 3 is 2.69 bits per heavy atom. The van der Waals surface area contributed by atoms with Gasteiger partial charge in [-0.15, -0.1) is 0 Å². The third kappa shape index (κ3) is 3.46. The average molecular weight is 435 g/mol. The molecule has 1 saturated heterocycles. The second kappa shape index (κ2) is 7.74. The van der Waals surface area contributed by atoms with Gasteiger partial charge >= 0.3 is 0 Å². The van der Waals surface area contributed by atoms with E-state index in [-0.39, 0.29) is 12.0 Å². The monoisotopic (exact) mass is 434 g/mol. The highest BCUT2D eigenvalue weighted by Gasteiger charge is 2.44. The Bertz CT molecular complexity index is 1090. The van der Waals surface area contributed by atoms with Gasteiger partial charge in [-0.1, -0.05) is 0 Å². The van der Waals surface area contributed by atoms with Crippen molar-refractivity contribution in [3.8, 4) is 11.4 Å². The van der Waals surface area contributed by atoms with Crippen LogP contribution >= 0.6 is 0 Å². The van der Waals surface area contributed by atoms with Gasteiger partial charge in [0.15, 0.2) is 5.69 Å². The predicted octanol–water partition coefficient (Wildman–Crippen LogP) is 1.70. The van der Waals surface area contributed by atoms with E-state index >= 15 is 0 Å². The highest BCUT2D eigenvalue weighted by Crippen LogP contribution is 2.38. The third-order valence-corrected chi connectivity index (χ3v) is 7.06. The number of hydrogen-bond donors (Lipinski definition) is 1. The normalized spacial score (nSPS) is 26.7. The van der Waals surface area contributed by atoms with E-state index in [9.17, 15) is 9.90 Å². The number of carbonyl (C=O) groups excluding carboxylic acids is 1. The third-order valence-electron chi connectivity index (χ3n) is 7.06. The second-order valence-electron chi connectivity index (χ2n) is 9.11. The fraction of sp³-hybridized carbons (Fsp3) is 0.478. The standard InChI is InChI=1S/C23H26N6O3/c30-21-8-15-11-27(23(31)20-10-18-2-1-7-28(18)26-20)12-16(15)9-22(21)32-19-5-3-17(4-6-19)29-14-24-13-25-29/h3-6,10,13-16,21-22,30H,1-2,7-9,11-12H2/t15-,16+,21+,22+/m0/s1. The van der Waals surface area contributed by atoms with Gasteiger partial charge in [-0.2, -0.15) is 10.2 Å². The molecule has 0 radical (unpaired) electrons. The van der Waals surface area contributed by atoms with Gasteiger partial charge in [0.2, 0.25) is 0 Å². The summed E-state index contributed by atoms with van der Waals surface area (Å²) in [7, 11) is 0. The van der Waals surface area contributed by atoms with Gasteiger partial charge in [0.1, 0.15) is 24.5 Å². The second-order valence-corrected chi connectivity index (χ2v) is 9.11. The Morgan fingerprint density at radius 2 is 1.94 bits per heavy atom. The lowest BCUT2D eigenvalue weighted by Crippen LogP contribution is -2.42. The van der Waals surface area contributed by atoms with Crippen molar-refractivity contribution in [1.29, 1.82) is 0 Å². The summed E-state index contributed by atoms with van der Waals surface area (Å²) in [6, 6.07) is 9.55. The molecule has 2 aliphatic heterocycles. The quantitative estimate of drug-likeness (QED) is 0.671. The number of hydrogen-bond acceptors (Lipinski definition) is 6. The zero-order valence-electron chi connectivity index (χ0n) is 17.7.